The van der Waals surface area contributed by atoms with Gasteiger partial charge in [-0.25, -0.2) is 4.79 Å². The van der Waals surface area contributed by atoms with Gasteiger partial charge in [0.1, 0.15) is 0 Å². The first-order valence-corrected chi connectivity index (χ1v) is 10.8. The minimum Gasteiger partial charge on any atom is -0.493 e. The third kappa shape index (κ3) is 4.56. The minimum atomic E-state index is -0.507. The maximum Gasteiger partial charge on any atom is 0.338 e. The van der Waals surface area contributed by atoms with Gasteiger partial charge in [-0.3, -0.25) is 4.79 Å². The molecule has 1 aliphatic rings. The molecule has 3 aromatic rings. The Kier molecular flexibility index (Phi) is 6.35. The topological polar surface area (TPSA) is 89.6 Å². The summed E-state index contributed by atoms with van der Waals surface area (Å²) in [4.78, 5) is 28.2. The standard InChI is InChI=1S/C25H28N2O5/c1-15-4-7-20-18(10-15)19-12-17(6-8-21(19)27-20)25(29)32-14-24(28)26-13-16-5-9-22(30-2)23(11-16)31-3/h5-6,8-9,11-12,15,27H,4,7,10,13-14H2,1-3H3,(H,26,28)/t15-/m1/s1. The van der Waals surface area contributed by atoms with Crippen LogP contribution in [-0.2, 0) is 28.9 Å². The second kappa shape index (κ2) is 9.34. The number of ether oxygens (including phenoxy) is 3. The average molecular weight is 437 g/mol. The number of aromatic amines is 1. The molecule has 0 saturated carbocycles. The first-order valence-electron chi connectivity index (χ1n) is 10.8. The van der Waals surface area contributed by atoms with Crippen LogP contribution in [0.2, 0.25) is 0 Å². The molecule has 1 atom stereocenters. The average Bonchev–Trinajstić information content (AvgIpc) is 3.17. The Balaban J connectivity index is 1.35. The van der Waals surface area contributed by atoms with Gasteiger partial charge in [-0.1, -0.05) is 13.0 Å². The highest BCUT2D eigenvalue weighted by Gasteiger charge is 2.21. The van der Waals surface area contributed by atoms with Crippen molar-refractivity contribution in [1.82, 2.24) is 10.3 Å². The van der Waals surface area contributed by atoms with Gasteiger partial charge in [0.05, 0.1) is 19.8 Å². The van der Waals surface area contributed by atoms with Crippen molar-refractivity contribution in [1.29, 1.82) is 0 Å². The summed E-state index contributed by atoms with van der Waals surface area (Å²) in [5.74, 6) is 0.953. The lowest BCUT2D eigenvalue weighted by Crippen LogP contribution is -2.28. The number of aromatic nitrogens is 1. The number of fused-ring (bicyclic) bond motifs is 3. The Bertz CT molecular complexity index is 1150. The zero-order valence-corrected chi connectivity index (χ0v) is 18.6. The largest absolute Gasteiger partial charge is 0.493 e. The van der Waals surface area contributed by atoms with Gasteiger partial charge in [0.2, 0.25) is 0 Å². The summed E-state index contributed by atoms with van der Waals surface area (Å²) in [6.07, 6.45) is 3.21. The Labute approximate surface area is 187 Å². The second-order valence-corrected chi connectivity index (χ2v) is 8.23. The summed E-state index contributed by atoms with van der Waals surface area (Å²) >= 11 is 0. The number of benzene rings is 2. The summed E-state index contributed by atoms with van der Waals surface area (Å²) in [5, 5.41) is 3.82. The van der Waals surface area contributed by atoms with Crippen LogP contribution in [0.3, 0.4) is 0 Å². The number of rotatable bonds is 7. The molecule has 1 aliphatic carbocycles. The van der Waals surface area contributed by atoms with E-state index in [4.69, 9.17) is 14.2 Å². The van der Waals surface area contributed by atoms with E-state index in [0.717, 1.165) is 29.3 Å². The highest BCUT2D eigenvalue weighted by Crippen LogP contribution is 2.32. The van der Waals surface area contributed by atoms with E-state index in [2.05, 4.69) is 17.2 Å². The van der Waals surface area contributed by atoms with Crippen molar-refractivity contribution in [3.8, 4) is 11.5 Å². The van der Waals surface area contributed by atoms with Gasteiger partial charge in [-0.2, -0.15) is 0 Å². The monoisotopic (exact) mass is 436 g/mol. The van der Waals surface area contributed by atoms with Gasteiger partial charge in [0.15, 0.2) is 18.1 Å². The molecular formula is C25H28N2O5. The van der Waals surface area contributed by atoms with Crippen molar-refractivity contribution in [3.05, 3.63) is 58.8 Å². The Morgan fingerprint density at radius 2 is 1.91 bits per heavy atom. The van der Waals surface area contributed by atoms with Gasteiger partial charge in [0.25, 0.3) is 5.91 Å². The normalized spacial score (nSPS) is 15.2. The highest BCUT2D eigenvalue weighted by atomic mass is 16.5. The SMILES string of the molecule is COc1ccc(CNC(=O)COC(=O)c2ccc3[nH]c4c(c3c2)C[C@H](C)CC4)cc1OC. The molecule has 7 nitrogen and oxygen atoms in total. The van der Waals surface area contributed by atoms with E-state index >= 15 is 0 Å². The minimum absolute atomic E-state index is 0.288. The fraction of sp³-hybridized carbons (Fsp3) is 0.360. The summed E-state index contributed by atoms with van der Waals surface area (Å²) < 4.78 is 15.7. The fourth-order valence-electron chi connectivity index (χ4n) is 4.17. The molecule has 0 spiro atoms. The number of esters is 1. The van der Waals surface area contributed by atoms with Crippen LogP contribution < -0.4 is 14.8 Å². The van der Waals surface area contributed by atoms with Crippen LogP contribution in [0.25, 0.3) is 10.9 Å². The van der Waals surface area contributed by atoms with Crippen LogP contribution in [0, 0.1) is 5.92 Å². The third-order valence-corrected chi connectivity index (χ3v) is 5.94. The summed E-state index contributed by atoms with van der Waals surface area (Å²) in [6, 6.07) is 10.9. The van der Waals surface area contributed by atoms with Crippen LogP contribution in [0.15, 0.2) is 36.4 Å². The number of hydrogen-bond acceptors (Lipinski definition) is 5. The number of amides is 1. The predicted octanol–water partition coefficient (Wildman–Crippen LogP) is 3.78. The quantitative estimate of drug-likeness (QED) is 0.550. The molecule has 1 heterocycles. The molecule has 2 N–H and O–H groups in total. The van der Waals surface area contributed by atoms with Crippen LogP contribution in [0.1, 0.15) is 40.5 Å². The van der Waals surface area contributed by atoms with E-state index in [0.29, 0.717) is 23.0 Å². The molecule has 0 fully saturated rings. The summed E-state index contributed by atoms with van der Waals surface area (Å²) in [5.41, 5.74) is 4.89. The van der Waals surface area contributed by atoms with Crippen LogP contribution in [0.5, 0.6) is 11.5 Å². The number of aryl methyl sites for hydroxylation is 1. The van der Waals surface area contributed by atoms with Gasteiger partial charge >= 0.3 is 5.97 Å². The molecule has 0 aliphatic heterocycles. The zero-order valence-electron chi connectivity index (χ0n) is 18.6. The molecule has 0 bridgehead atoms. The number of hydrogen-bond donors (Lipinski definition) is 2. The zero-order chi connectivity index (χ0) is 22.7. The van der Waals surface area contributed by atoms with E-state index in [1.807, 2.05) is 18.2 Å². The summed E-state index contributed by atoms with van der Waals surface area (Å²) in [7, 11) is 3.12. The van der Waals surface area contributed by atoms with Crippen molar-refractivity contribution in [2.24, 2.45) is 5.92 Å². The van der Waals surface area contributed by atoms with E-state index < -0.39 is 5.97 Å². The Morgan fingerprint density at radius 3 is 2.69 bits per heavy atom. The van der Waals surface area contributed by atoms with Gasteiger partial charge in [-0.15, -0.1) is 0 Å². The summed E-state index contributed by atoms with van der Waals surface area (Å²) in [6.45, 7) is 2.20. The van der Waals surface area contributed by atoms with Crippen molar-refractivity contribution in [2.75, 3.05) is 20.8 Å². The first-order chi connectivity index (χ1) is 15.5. The molecule has 1 amide bonds. The van der Waals surface area contributed by atoms with Crippen molar-refractivity contribution in [2.45, 2.75) is 32.7 Å². The highest BCUT2D eigenvalue weighted by molar-refractivity contribution is 5.97. The molecule has 168 valence electrons. The van der Waals surface area contributed by atoms with Crippen molar-refractivity contribution < 1.29 is 23.8 Å². The number of carbonyl (C=O) groups excluding carboxylic acids is 2. The lowest BCUT2D eigenvalue weighted by Gasteiger charge is -2.18. The third-order valence-electron chi connectivity index (χ3n) is 5.94. The second-order valence-electron chi connectivity index (χ2n) is 8.23. The van der Waals surface area contributed by atoms with E-state index in [1.54, 1.807) is 32.4 Å². The van der Waals surface area contributed by atoms with Gasteiger partial charge in [0, 0.05) is 23.1 Å². The lowest BCUT2D eigenvalue weighted by atomic mass is 9.87. The molecule has 2 aromatic carbocycles. The molecule has 0 radical (unpaired) electrons. The van der Waals surface area contributed by atoms with E-state index in [1.165, 1.54) is 17.7 Å². The number of carbonyl (C=O) groups is 2. The number of nitrogens with one attached hydrogen (secondary N) is 2. The molecule has 7 heteroatoms. The Morgan fingerprint density at radius 1 is 1.09 bits per heavy atom. The first kappa shape index (κ1) is 21.7. The van der Waals surface area contributed by atoms with Crippen molar-refractivity contribution in [3.63, 3.8) is 0 Å². The van der Waals surface area contributed by atoms with Crippen LogP contribution in [-0.4, -0.2) is 37.7 Å². The maximum absolute atomic E-state index is 12.5. The fourth-order valence-corrected chi connectivity index (χ4v) is 4.17. The molecule has 32 heavy (non-hydrogen) atoms. The smallest absolute Gasteiger partial charge is 0.338 e. The number of H-pyrrole nitrogens is 1. The molecule has 1 aromatic heterocycles. The maximum atomic E-state index is 12.5. The van der Waals surface area contributed by atoms with Crippen LogP contribution in [0.4, 0.5) is 0 Å². The van der Waals surface area contributed by atoms with Crippen molar-refractivity contribution >= 4 is 22.8 Å². The predicted molar refractivity (Wildman–Crippen MR) is 121 cm³/mol. The number of methoxy groups -OCH3 is 2. The Hall–Kier alpha value is -3.48. The van der Waals surface area contributed by atoms with E-state index in [-0.39, 0.29) is 19.1 Å². The van der Waals surface area contributed by atoms with Gasteiger partial charge in [-0.05, 0) is 66.6 Å². The molecule has 4 rings (SSSR count). The molecular weight excluding hydrogens is 408 g/mol. The molecule has 0 saturated heterocycles. The van der Waals surface area contributed by atoms with E-state index in [9.17, 15) is 9.59 Å². The lowest BCUT2D eigenvalue weighted by molar-refractivity contribution is -0.124. The van der Waals surface area contributed by atoms with Crippen LogP contribution >= 0.6 is 0 Å². The van der Waals surface area contributed by atoms with Gasteiger partial charge < -0.3 is 24.5 Å². The molecule has 0 unspecified atom stereocenters.